The van der Waals surface area contributed by atoms with Crippen LogP contribution in [0.5, 0.6) is 0 Å². The lowest BCUT2D eigenvalue weighted by molar-refractivity contribution is 0.102. The van der Waals surface area contributed by atoms with Gasteiger partial charge in [-0.15, -0.1) is 11.8 Å². The Morgan fingerprint density at radius 2 is 1.67 bits per heavy atom. The number of amides is 1. The van der Waals surface area contributed by atoms with E-state index in [1.165, 1.54) is 23.9 Å². The van der Waals surface area contributed by atoms with Gasteiger partial charge < -0.3 is 5.32 Å². The van der Waals surface area contributed by atoms with Crippen LogP contribution in [-0.4, -0.2) is 26.8 Å². The number of rotatable bonds is 4. The molecule has 110 valence electrons. The van der Waals surface area contributed by atoms with E-state index in [0.717, 1.165) is 11.2 Å². The van der Waals surface area contributed by atoms with E-state index >= 15 is 0 Å². The van der Waals surface area contributed by atoms with Crippen molar-refractivity contribution in [2.75, 3.05) is 17.8 Å². The molecule has 0 unspecified atom stereocenters. The predicted molar refractivity (Wildman–Crippen MR) is 85.7 cm³/mol. The molecule has 0 bridgehead atoms. The van der Waals surface area contributed by atoms with Crippen LogP contribution in [0.25, 0.3) is 0 Å². The molecule has 21 heavy (non-hydrogen) atoms. The average molecular weight is 321 g/mol. The van der Waals surface area contributed by atoms with E-state index in [9.17, 15) is 13.2 Å². The molecule has 0 aliphatic heterocycles. The summed E-state index contributed by atoms with van der Waals surface area (Å²) in [6.07, 6.45) is 3.00. The molecule has 0 radical (unpaired) electrons. The molecule has 6 heteroatoms. The zero-order valence-corrected chi connectivity index (χ0v) is 13.3. The normalized spacial score (nSPS) is 11.1. The highest BCUT2D eigenvalue weighted by molar-refractivity contribution is 7.98. The van der Waals surface area contributed by atoms with Gasteiger partial charge in [-0.05, 0) is 30.5 Å². The third kappa shape index (κ3) is 3.65. The Bertz CT molecular complexity index is 770. The quantitative estimate of drug-likeness (QED) is 0.879. The van der Waals surface area contributed by atoms with Gasteiger partial charge >= 0.3 is 0 Å². The van der Waals surface area contributed by atoms with E-state index in [1.807, 2.05) is 24.5 Å². The van der Waals surface area contributed by atoms with Crippen molar-refractivity contribution >= 4 is 33.2 Å². The van der Waals surface area contributed by atoms with Crippen LogP contribution in [0.1, 0.15) is 10.4 Å². The number of nitrogens with one attached hydrogen (secondary N) is 1. The minimum atomic E-state index is -3.45. The van der Waals surface area contributed by atoms with E-state index in [4.69, 9.17) is 0 Å². The molecule has 4 nitrogen and oxygen atoms in total. The number of thioether (sulfide) groups is 1. The smallest absolute Gasteiger partial charge is 0.257 e. The molecule has 0 aliphatic rings. The lowest BCUT2D eigenvalue weighted by atomic mass is 10.2. The van der Waals surface area contributed by atoms with Gasteiger partial charge in [-0.25, -0.2) is 8.42 Å². The summed E-state index contributed by atoms with van der Waals surface area (Å²) in [5, 5.41) is 2.77. The van der Waals surface area contributed by atoms with Crippen LogP contribution in [0.15, 0.2) is 58.3 Å². The minimum absolute atomic E-state index is 0.0316. The predicted octanol–water partition coefficient (Wildman–Crippen LogP) is 3.06. The number of carbonyl (C=O) groups excluding carboxylic acids is 1. The van der Waals surface area contributed by atoms with E-state index in [1.54, 1.807) is 18.2 Å². The summed E-state index contributed by atoms with van der Waals surface area (Å²) >= 11 is 1.51. The van der Waals surface area contributed by atoms with E-state index < -0.39 is 15.7 Å². The van der Waals surface area contributed by atoms with Gasteiger partial charge in [0.05, 0.1) is 16.1 Å². The second-order valence-corrected chi connectivity index (χ2v) is 7.25. The van der Waals surface area contributed by atoms with E-state index in [2.05, 4.69) is 5.32 Å². The summed E-state index contributed by atoms with van der Waals surface area (Å²) in [4.78, 5) is 13.3. The molecule has 2 rings (SSSR count). The van der Waals surface area contributed by atoms with Crippen LogP contribution in [0.3, 0.4) is 0 Å². The summed E-state index contributed by atoms with van der Waals surface area (Å²) in [5.41, 5.74) is 0.814. The summed E-state index contributed by atoms with van der Waals surface area (Å²) in [6.45, 7) is 0. The first-order valence-electron chi connectivity index (χ1n) is 6.17. The molecule has 1 amide bonds. The molecule has 2 aromatic rings. The first kappa shape index (κ1) is 15.6. The number of benzene rings is 2. The minimum Gasteiger partial charge on any atom is -0.321 e. The molecule has 0 aromatic heterocycles. The van der Waals surface area contributed by atoms with Crippen molar-refractivity contribution < 1.29 is 13.2 Å². The van der Waals surface area contributed by atoms with E-state index in [-0.39, 0.29) is 10.5 Å². The van der Waals surface area contributed by atoms with Crippen molar-refractivity contribution in [2.45, 2.75) is 9.79 Å². The van der Waals surface area contributed by atoms with Gasteiger partial charge in [0.15, 0.2) is 9.84 Å². The van der Waals surface area contributed by atoms with Gasteiger partial charge in [0.1, 0.15) is 0 Å². The van der Waals surface area contributed by atoms with Crippen LogP contribution in [-0.2, 0) is 9.84 Å². The standard InChI is InChI=1S/C15H15NO3S2/c1-20-13-9-5-4-8-12(13)16-15(17)11-7-3-6-10-14(11)21(2,18)19/h3-10H,1-2H3,(H,16,17). The molecule has 0 heterocycles. The molecule has 0 fully saturated rings. The number of anilines is 1. The highest BCUT2D eigenvalue weighted by Crippen LogP contribution is 2.26. The lowest BCUT2D eigenvalue weighted by Crippen LogP contribution is -2.16. The number of hydrogen-bond donors (Lipinski definition) is 1. The zero-order valence-electron chi connectivity index (χ0n) is 11.7. The molecule has 2 aromatic carbocycles. The molecule has 1 N–H and O–H groups in total. The Balaban J connectivity index is 2.38. The van der Waals surface area contributed by atoms with Gasteiger partial charge in [-0.1, -0.05) is 24.3 Å². The molecule has 0 aliphatic carbocycles. The van der Waals surface area contributed by atoms with Gasteiger partial charge in [-0.2, -0.15) is 0 Å². The summed E-state index contributed by atoms with van der Waals surface area (Å²) < 4.78 is 23.5. The molecular formula is C15H15NO3S2. The molecular weight excluding hydrogens is 306 g/mol. The van der Waals surface area contributed by atoms with Crippen LogP contribution in [0.2, 0.25) is 0 Å². The highest BCUT2D eigenvalue weighted by Gasteiger charge is 2.18. The second-order valence-electron chi connectivity index (χ2n) is 4.42. The van der Waals surface area contributed by atoms with Crippen LogP contribution >= 0.6 is 11.8 Å². The lowest BCUT2D eigenvalue weighted by Gasteiger charge is -2.11. The van der Waals surface area contributed by atoms with Crippen molar-refractivity contribution in [3.63, 3.8) is 0 Å². The second kappa shape index (κ2) is 6.32. The average Bonchev–Trinajstić information content (AvgIpc) is 2.47. The van der Waals surface area contributed by atoms with Gasteiger partial charge in [-0.3, -0.25) is 4.79 Å². The van der Waals surface area contributed by atoms with Crippen molar-refractivity contribution in [1.82, 2.24) is 0 Å². The largest absolute Gasteiger partial charge is 0.321 e. The first-order valence-corrected chi connectivity index (χ1v) is 9.28. The van der Waals surface area contributed by atoms with E-state index in [0.29, 0.717) is 5.69 Å². The molecule has 0 spiro atoms. The first-order chi connectivity index (χ1) is 9.93. The maximum atomic E-state index is 12.4. The van der Waals surface area contributed by atoms with Crippen molar-refractivity contribution in [3.8, 4) is 0 Å². The Morgan fingerprint density at radius 1 is 1.05 bits per heavy atom. The number of hydrogen-bond acceptors (Lipinski definition) is 4. The monoisotopic (exact) mass is 321 g/mol. The van der Waals surface area contributed by atoms with Gasteiger partial charge in [0, 0.05) is 11.2 Å². The molecule has 0 saturated carbocycles. The summed E-state index contributed by atoms with van der Waals surface area (Å²) in [5.74, 6) is -0.433. The fourth-order valence-electron chi connectivity index (χ4n) is 1.92. The van der Waals surface area contributed by atoms with Gasteiger partial charge in [0.25, 0.3) is 5.91 Å². The Hall–Kier alpha value is -1.79. The molecule has 0 atom stereocenters. The van der Waals surface area contributed by atoms with Crippen molar-refractivity contribution in [1.29, 1.82) is 0 Å². The highest BCUT2D eigenvalue weighted by atomic mass is 32.2. The maximum absolute atomic E-state index is 12.4. The SMILES string of the molecule is CSc1ccccc1NC(=O)c1ccccc1S(C)(=O)=O. The van der Waals surface area contributed by atoms with Crippen LogP contribution in [0, 0.1) is 0 Å². The topological polar surface area (TPSA) is 63.2 Å². The summed E-state index contributed by atoms with van der Waals surface area (Å²) in [7, 11) is -3.45. The molecule has 0 saturated heterocycles. The Kier molecular flexibility index (Phi) is 4.69. The summed E-state index contributed by atoms with van der Waals surface area (Å²) in [6, 6.07) is 13.6. The zero-order chi connectivity index (χ0) is 15.5. The number of sulfone groups is 1. The Morgan fingerprint density at radius 3 is 2.33 bits per heavy atom. The fourth-order valence-corrected chi connectivity index (χ4v) is 3.35. The fraction of sp³-hybridized carbons (Fsp3) is 0.133. The van der Waals surface area contributed by atoms with Gasteiger partial charge in [0.2, 0.25) is 0 Å². The van der Waals surface area contributed by atoms with Crippen molar-refractivity contribution in [2.24, 2.45) is 0 Å². The van der Waals surface area contributed by atoms with Crippen LogP contribution < -0.4 is 5.32 Å². The third-order valence-corrected chi connectivity index (χ3v) is 4.84. The third-order valence-electron chi connectivity index (χ3n) is 2.89. The van der Waals surface area contributed by atoms with Crippen molar-refractivity contribution in [3.05, 3.63) is 54.1 Å². The van der Waals surface area contributed by atoms with Crippen LogP contribution in [0.4, 0.5) is 5.69 Å². The number of para-hydroxylation sites is 1. The Labute approximate surface area is 128 Å². The maximum Gasteiger partial charge on any atom is 0.257 e. The number of carbonyl (C=O) groups is 1.